The molecule has 0 radical (unpaired) electrons. The van der Waals surface area contributed by atoms with E-state index in [9.17, 15) is 18.0 Å². The van der Waals surface area contributed by atoms with E-state index in [1.165, 1.54) is 0 Å². The molecule has 2 rings (SSSR count). The van der Waals surface area contributed by atoms with Gasteiger partial charge in [-0.2, -0.15) is 13.2 Å². The van der Waals surface area contributed by atoms with E-state index >= 15 is 0 Å². The molecular weight excluding hydrogens is 291 g/mol. The Bertz CT molecular complexity index is 538. The van der Waals surface area contributed by atoms with Gasteiger partial charge in [0, 0.05) is 0 Å². The lowest BCUT2D eigenvalue weighted by Gasteiger charge is -2.39. The van der Waals surface area contributed by atoms with Crippen LogP contribution < -0.4 is 11.1 Å². The van der Waals surface area contributed by atoms with Crippen molar-refractivity contribution < 1.29 is 18.0 Å². The Morgan fingerprint density at radius 1 is 1.40 bits per heavy atom. The Morgan fingerprint density at radius 2 is 2.05 bits per heavy atom. The first-order valence-corrected chi connectivity index (χ1v) is 6.31. The first-order valence-electron chi connectivity index (χ1n) is 5.90. The highest BCUT2D eigenvalue weighted by atomic mass is 32.1. The molecule has 0 spiro atoms. The third kappa shape index (κ3) is 2.60. The number of aromatic nitrogens is 1. The smallest absolute Gasteiger partial charge is 0.392 e. The highest BCUT2D eigenvalue weighted by Gasteiger charge is 2.47. The molecule has 4 nitrogen and oxygen atoms in total. The number of amides is 1. The first-order chi connectivity index (χ1) is 9.25. The third-order valence-electron chi connectivity index (χ3n) is 3.43. The SMILES string of the molecule is NC(=S)C1(C(=O)Nc2ccc(C(F)(F)F)nc2)CCC1. The lowest BCUT2D eigenvalue weighted by atomic mass is 9.68. The van der Waals surface area contributed by atoms with E-state index in [2.05, 4.69) is 10.3 Å². The van der Waals surface area contributed by atoms with Crippen LogP contribution >= 0.6 is 12.2 Å². The number of hydrogen-bond donors (Lipinski definition) is 2. The summed E-state index contributed by atoms with van der Waals surface area (Å²) in [5.41, 5.74) is 3.87. The Morgan fingerprint density at radius 3 is 2.40 bits per heavy atom. The van der Waals surface area contributed by atoms with Gasteiger partial charge in [0.15, 0.2) is 0 Å². The van der Waals surface area contributed by atoms with Gasteiger partial charge in [0.25, 0.3) is 0 Å². The molecule has 108 valence electrons. The van der Waals surface area contributed by atoms with Crippen LogP contribution in [0.3, 0.4) is 0 Å². The lowest BCUT2D eigenvalue weighted by molar-refractivity contribution is -0.141. The molecule has 1 saturated carbocycles. The molecule has 1 aliphatic rings. The van der Waals surface area contributed by atoms with Crippen molar-refractivity contribution in [3.8, 4) is 0 Å². The number of anilines is 1. The topological polar surface area (TPSA) is 68.0 Å². The van der Waals surface area contributed by atoms with Crippen LogP contribution in [0.15, 0.2) is 18.3 Å². The molecule has 1 aromatic rings. The number of rotatable bonds is 3. The van der Waals surface area contributed by atoms with Crippen molar-refractivity contribution in [2.75, 3.05) is 5.32 Å². The van der Waals surface area contributed by atoms with Crippen LogP contribution in [0.5, 0.6) is 0 Å². The summed E-state index contributed by atoms with van der Waals surface area (Å²) < 4.78 is 37.1. The Kier molecular flexibility index (Phi) is 3.68. The summed E-state index contributed by atoms with van der Waals surface area (Å²) in [5, 5.41) is 2.51. The van der Waals surface area contributed by atoms with Gasteiger partial charge in [-0.25, -0.2) is 4.98 Å². The summed E-state index contributed by atoms with van der Waals surface area (Å²) in [4.78, 5) is 15.5. The number of hydrogen-bond acceptors (Lipinski definition) is 3. The zero-order valence-corrected chi connectivity index (χ0v) is 11.1. The van der Waals surface area contributed by atoms with Crippen LogP contribution in [0.4, 0.5) is 18.9 Å². The fourth-order valence-electron chi connectivity index (χ4n) is 2.00. The molecule has 1 aliphatic carbocycles. The number of carbonyl (C=O) groups is 1. The summed E-state index contributed by atoms with van der Waals surface area (Å²) in [6.45, 7) is 0. The van der Waals surface area contributed by atoms with E-state index in [0.29, 0.717) is 12.8 Å². The van der Waals surface area contributed by atoms with Crippen molar-refractivity contribution in [2.45, 2.75) is 25.4 Å². The molecule has 1 amide bonds. The largest absolute Gasteiger partial charge is 0.433 e. The molecule has 1 fully saturated rings. The molecule has 0 atom stereocenters. The molecule has 1 aromatic heterocycles. The number of alkyl halides is 3. The molecule has 3 N–H and O–H groups in total. The number of thiocarbonyl (C=S) groups is 1. The quantitative estimate of drug-likeness (QED) is 0.842. The van der Waals surface area contributed by atoms with Crippen molar-refractivity contribution in [2.24, 2.45) is 11.1 Å². The molecular formula is C12H12F3N3OS. The summed E-state index contributed by atoms with van der Waals surface area (Å²) in [7, 11) is 0. The Balaban J connectivity index is 2.11. The van der Waals surface area contributed by atoms with Gasteiger partial charge in [0.05, 0.1) is 22.3 Å². The second-order valence-electron chi connectivity index (χ2n) is 4.68. The highest BCUT2D eigenvalue weighted by Crippen LogP contribution is 2.42. The van der Waals surface area contributed by atoms with Gasteiger partial charge in [-0.15, -0.1) is 0 Å². The van der Waals surface area contributed by atoms with E-state index < -0.39 is 23.2 Å². The van der Waals surface area contributed by atoms with Crippen LogP contribution in [0.1, 0.15) is 25.0 Å². The highest BCUT2D eigenvalue weighted by molar-refractivity contribution is 7.80. The minimum Gasteiger partial charge on any atom is -0.392 e. The minimum absolute atomic E-state index is 0.112. The maximum absolute atomic E-state index is 12.4. The van der Waals surface area contributed by atoms with Gasteiger partial charge in [0.1, 0.15) is 5.69 Å². The van der Waals surface area contributed by atoms with Crippen molar-refractivity contribution >= 4 is 28.8 Å². The van der Waals surface area contributed by atoms with Crippen molar-refractivity contribution in [3.05, 3.63) is 24.0 Å². The number of nitrogens with two attached hydrogens (primary N) is 1. The number of halogens is 3. The number of nitrogens with one attached hydrogen (secondary N) is 1. The zero-order chi connectivity index (χ0) is 15.0. The monoisotopic (exact) mass is 303 g/mol. The third-order valence-corrected chi connectivity index (χ3v) is 3.82. The second-order valence-corrected chi connectivity index (χ2v) is 5.12. The number of nitrogens with zero attached hydrogens (tertiary/aromatic N) is 1. The van der Waals surface area contributed by atoms with Crippen LogP contribution in [0, 0.1) is 5.41 Å². The van der Waals surface area contributed by atoms with Crippen LogP contribution in [0.2, 0.25) is 0 Å². The fraction of sp³-hybridized carbons (Fsp3) is 0.417. The predicted molar refractivity (Wildman–Crippen MR) is 70.9 cm³/mol. The minimum atomic E-state index is -4.50. The molecule has 0 aromatic carbocycles. The first kappa shape index (κ1) is 14.7. The standard InChI is InChI=1S/C12H12F3N3OS/c13-12(14,15)8-3-2-7(6-17-8)18-10(19)11(9(16)20)4-1-5-11/h2-3,6H,1,4-5H2,(H2,16,20)(H,18,19). The van der Waals surface area contributed by atoms with Crippen LogP contribution in [0.25, 0.3) is 0 Å². The fourth-order valence-corrected chi connectivity index (χ4v) is 2.30. The van der Waals surface area contributed by atoms with E-state index in [-0.39, 0.29) is 10.7 Å². The van der Waals surface area contributed by atoms with Crippen LogP contribution in [-0.4, -0.2) is 15.9 Å². The molecule has 20 heavy (non-hydrogen) atoms. The van der Waals surface area contributed by atoms with Crippen molar-refractivity contribution in [1.82, 2.24) is 4.98 Å². The van der Waals surface area contributed by atoms with E-state index in [1.54, 1.807) is 0 Å². The summed E-state index contributed by atoms with van der Waals surface area (Å²) in [6.07, 6.45) is -1.58. The average molecular weight is 303 g/mol. The van der Waals surface area contributed by atoms with Crippen LogP contribution in [-0.2, 0) is 11.0 Å². The number of carbonyl (C=O) groups excluding carboxylic acids is 1. The number of pyridine rings is 1. The van der Waals surface area contributed by atoms with Gasteiger partial charge < -0.3 is 11.1 Å². The van der Waals surface area contributed by atoms with Gasteiger partial charge >= 0.3 is 6.18 Å². The Hall–Kier alpha value is -1.70. The summed E-state index contributed by atoms with van der Waals surface area (Å²) in [6, 6.07) is 1.96. The van der Waals surface area contributed by atoms with E-state index in [0.717, 1.165) is 24.8 Å². The predicted octanol–water partition coefficient (Wildman–Crippen LogP) is 2.50. The Labute approximate surface area is 118 Å². The van der Waals surface area contributed by atoms with E-state index in [4.69, 9.17) is 18.0 Å². The van der Waals surface area contributed by atoms with Gasteiger partial charge in [-0.1, -0.05) is 18.6 Å². The second kappa shape index (κ2) is 5.01. The molecule has 0 aliphatic heterocycles. The molecule has 0 saturated heterocycles. The normalized spacial score (nSPS) is 17.1. The molecule has 1 heterocycles. The maximum Gasteiger partial charge on any atom is 0.433 e. The van der Waals surface area contributed by atoms with Crippen molar-refractivity contribution in [1.29, 1.82) is 0 Å². The van der Waals surface area contributed by atoms with Gasteiger partial charge in [-0.05, 0) is 25.0 Å². The average Bonchev–Trinajstić information content (AvgIpc) is 2.26. The zero-order valence-electron chi connectivity index (χ0n) is 10.3. The maximum atomic E-state index is 12.4. The van der Waals surface area contributed by atoms with Crippen molar-refractivity contribution in [3.63, 3.8) is 0 Å². The molecule has 0 bridgehead atoms. The lowest BCUT2D eigenvalue weighted by Crippen LogP contribution is -2.50. The van der Waals surface area contributed by atoms with E-state index in [1.807, 2.05) is 0 Å². The summed E-state index contributed by atoms with van der Waals surface area (Å²) in [5.74, 6) is -0.391. The van der Waals surface area contributed by atoms with Gasteiger partial charge in [0.2, 0.25) is 5.91 Å². The molecule has 0 unspecified atom stereocenters. The van der Waals surface area contributed by atoms with Gasteiger partial charge in [-0.3, -0.25) is 4.79 Å². The summed E-state index contributed by atoms with van der Waals surface area (Å²) >= 11 is 4.90. The molecule has 8 heteroatoms.